The molecule has 0 saturated heterocycles. The summed E-state index contributed by atoms with van der Waals surface area (Å²) in [4.78, 5) is 8.31. The maximum atomic E-state index is 5.77. The molecule has 1 N–H and O–H groups in total. The molecule has 0 unspecified atom stereocenters. The van der Waals surface area contributed by atoms with E-state index in [0.717, 1.165) is 18.0 Å². The van der Waals surface area contributed by atoms with Crippen molar-refractivity contribution in [2.75, 3.05) is 19.0 Å². The highest BCUT2D eigenvalue weighted by molar-refractivity contribution is 5.46. The molecule has 88 valence electrons. The first-order chi connectivity index (χ1) is 7.81. The molecule has 0 amide bonds. The number of hydrogen-bond acceptors (Lipinski definition) is 4. The number of aromatic nitrogens is 2. The highest BCUT2D eigenvalue weighted by Crippen LogP contribution is 2.26. The van der Waals surface area contributed by atoms with E-state index in [1.165, 1.54) is 25.7 Å². The van der Waals surface area contributed by atoms with Gasteiger partial charge in [-0.15, -0.1) is 0 Å². The van der Waals surface area contributed by atoms with Crippen molar-refractivity contribution in [3.05, 3.63) is 11.9 Å². The van der Waals surface area contributed by atoms with E-state index in [2.05, 4.69) is 15.3 Å². The minimum absolute atomic E-state index is 0.714. The normalized spacial score (nSPS) is 16.4. The predicted molar refractivity (Wildman–Crippen MR) is 63.8 cm³/mol. The Balaban J connectivity index is 1.97. The SMILES string of the molecule is CNc1ncnc(OCC2CCCC2)c1C. The van der Waals surface area contributed by atoms with Gasteiger partial charge in [0.15, 0.2) is 0 Å². The largest absolute Gasteiger partial charge is 0.477 e. The maximum Gasteiger partial charge on any atom is 0.221 e. The van der Waals surface area contributed by atoms with Gasteiger partial charge < -0.3 is 10.1 Å². The highest BCUT2D eigenvalue weighted by Gasteiger charge is 2.16. The zero-order chi connectivity index (χ0) is 11.4. The number of nitrogens with zero attached hydrogens (tertiary/aromatic N) is 2. The molecule has 1 heterocycles. The van der Waals surface area contributed by atoms with Crippen molar-refractivity contribution in [1.29, 1.82) is 0 Å². The fraction of sp³-hybridized carbons (Fsp3) is 0.667. The molecule has 16 heavy (non-hydrogen) atoms. The van der Waals surface area contributed by atoms with Crippen LogP contribution in [-0.2, 0) is 0 Å². The molecule has 4 heteroatoms. The summed E-state index contributed by atoms with van der Waals surface area (Å²) in [6.07, 6.45) is 6.83. The lowest BCUT2D eigenvalue weighted by molar-refractivity contribution is 0.242. The summed E-state index contributed by atoms with van der Waals surface area (Å²) in [5, 5.41) is 3.03. The molecule has 1 aliphatic carbocycles. The lowest BCUT2D eigenvalue weighted by Gasteiger charge is -2.13. The first-order valence-electron chi connectivity index (χ1n) is 5.93. The van der Waals surface area contributed by atoms with Crippen LogP contribution in [0.25, 0.3) is 0 Å². The van der Waals surface area contributed by atoms with E-state index in [4.69, 9.17) is 4.74 Å². The van der Waals surface area contributed by atoms with Crippen molar-refractivity contribution in [2.45, 2.75) is 32.6 Å². The summed E-state index contributed by atoms with van der Waals surface area (Å²) in [5.74, 6) is 2.27. The van der Waals surface area contributed by atoms with E-state index < -0.39 is 0 Å². The molecule has 1 aromatic heterocycles. The number of anilines is 1. The molecule has 2 rings (SSSR count). The average Bonchev–Trinajstić information content (AvgIpc) is 2.81. The minimum Gasteiger partial charge on any atom is -0.477 e. The van der Waals surface area contributed by atoms with Crippen LogP contribution in [0.5, 0.6) is 5.88 Å². The summed E-state index contributed by atoms with van der Waals surface area (Å²) in [6, 6.07) is 0. The first kappa shape index (κ1) is 11.2. The van der Waals surface area contributed by atoms with Crippen LogP contribution < -0.4 is 10.1 Å². The predicted octanol–water partition coefficient (Wildman–Crippen LogP) is 2.40. The van der Waals surface area contributed by atoms with Gasteiger partial charge in [0.25, 0.3) is 0 Å². The number of hydrogen-bond donors (Lipinski definition) is 1. The van der Waals surface area contributed by atoms with Gasteiger partial charge in [-0.25, -0.2) is 9.97 Å². The fourth-order valence-electron chi connectivity index (χ4n) is 2.21. The van der Waals surface area contributed by atoms with Gasteiger partial charge in [0.05, 0.1) is 12.2 Å². The van der Waals surface area contributed by atoms with Crippen LogP contribution in [0.3, 0.4) is 0 Å². The van der Waals surface area contributed by atoms with Gasteiger partial charge >= 0.3 is 0 Å². The lowest BCUT2D eigenvalue weighted by atomic mass is 10.1. The third kappa shape index (κ3) is 2.43. The van der Waals surface area contributed by atoms with Crippen molar-refractivity contribution in [1.82, 2.24) is 9.97 Å². The Morgan fingerprint density at radius 2 is 2.12 bits per heavy atom. The van der Waals surface area contributed by atoms with Gasteiger partial charge in [0.2, 0.25) is 5.88 Å². The summed E-state index contributed by atoms with van der Waals surface area (Å²) in [7, 11) is 1.86. The molecule has 0 spiro atoms. The highest BCUT2D eigenvalue weighted by atomic mass is 16.5. The first-order valence-corrected chi connectivity index (χ1v) is 5.93. The van der Waals surface area contributed by atoms with E-state index in [9.17, 15) is 0 Å². The third-order valence-corrected chi connectivity index (χ3v) is 3.21. The lowest BCUT2D eigenvalue weighted by Crippen LogP contribution is -2.10. The topological polar surface area (TPSA) is 47.0 Å². The van der Waals surface area contributed by atoms with Crippen molar-refractivity contribution < 1.29 is 4.74 Å². The van der Waals surface area contributed by atoms with Gasteiger partial charge in [-0.05, 0) is 25.7 Å². The Labute approximate surface area is 96.4 Å². The standard InChI is InChI=1S/C12H19N3O/c1-9-11(13-2)14-8-15-12(9)16-7-10-5-3-4-6-10/h8,10H,3-7H2,1-2H3,(H,13,14,15). The second-order valence-corrected chi connectivity index (χ2v) is 4.36. The Morgan fingerprint density at radius 1 is 1.38 bits per heavy atom. The van der Waals surface area contributed by atoms with Crippen LogP contribution >= 0.6 is 0 Å². The van der Waals surface area contributed by atoms with Crippen molar-refractivity contribution in [3.63, 3.8) is 0 Å². The Morgan fingerprint density at radius 3 is 2.81 bits per heavy atom. The van der Waals surface area contributed by atoms with Gasteiger partial charge in [-0.1, -0.05) is 12.8 Å². The summed E-state index contributed by atoms with van der Waals surface area (Å²) >= 11 is 0. The molecule has 0 aliphatic heterocycles. The van der Waals surface area contributed by atoms with Crippen LogP contribution in [0.15, 0.2) is 6.33 Å². The molecular formula is C12H19N3O. The molecule has 0 aromatic carbocycles. The minimum atomic E-state index is 0.714. The van der Waals surface area contributed by atoms with E-state index in [1.54, 1.807) is 6.33 Å². The van der Waals surface area contributed by atoms with Gasteiger partial charge in [0, 0.05) is 7.05 Å². The van der Waals surface area contributed by atoms with Crippen molar-refractivity contribution >= 4 is 5.82 Å². The number of nitrogens with one attached hydrogen (secondary N) is 1. The molecule has 1 fully saturated rings. The molecular weight excluding hydrogens is 202 g/mol. The monoisotopic (exact) mass is 221 g/mol. The van der Waals surface area contributed by atoms with E-state index in [1.807, 2.05) is 14.0 Å². The fourth-order valence-corrected chi connectivity index (χ4v) is 2.21. The third-order valence-electron chi connectivity index (χ3n) is 3.21. The van der Waals surface area contributed by atoms with Crippen LogP contribution in [0, 0.1) is 12.8 Å². The maximum absolute atomic E-state index is 5.77. The number of rotatable bonds is 4. The summed E-state index contributed by atoms with van der Waals surface area (Å²) in [5.41, 5.74) is 0.989. The van der Waals surface area contributed by atoms with Crippen molar-refractivity contribution in [2.24, 2.45) is 5.92 Å². The quantitative estimate of drug-likeness (QED) is 0.848. The summed E-state index contributed by atoms with van der Waals surface area (Å²) in [6.45, 7) is 2.77. The van der Waals surface area contributed by atoms with Gasteiger partial charge in [-0.3, -0.25) is 0 Å². The smallest absolute Gasteiger partial charge is 0.221 e. The zero-order valence-corrected chi connectivity index (χ0v) is 9.99. The van der Waals surface area contributed by atoms with Crippen LogP contribution in [-0.4, -0.2) is 23.6 Å². The second kappa shape index (κ2) is 5.14. The van der Waals surface area contributed by atoms with Gasteiger partial charge in [-0.2, -0.15) is 0 Å². The van der Waals surface area contributed by atoms with Crippen LogP contribution in [0.4, 0.5) is 5.82 Å². The molecule has 0 atom stereocenters. The number of ether oxygens (including phenoxy) is 1. The second-order valence-electron chi connectivity index (χ2n) is 4.36. The van der Waals surface area contributed by atoms with Crippen LogP contribution in [0.2, 0.25) is 0 Å². The molecule has 1 saturated carbocycles. The average molecular weight is 221 g/mol. The van der Waals surface area contributed by atoms with E-state index >= 15 is 0 Å². The zero-order valence-electron chi connectivity index (χ0n) is 9.99. The molecule has 1 aliphatic rings. The van der Waals surface area contributed by atoms with Crippen molar-refractivity contribution in [3.8, 4) is 5.88 Å². The summed E-state index contributed by atoms with van der Waals surface area (Å²) < 4.78 is 5.77. The molecule has 0 radical (unpaired) electrons. The molecule has 1 aromatic rings. The van der Waals surface area contributed by atoms with E-state index in [0.29, 0.717) is 11.8 Å². The Kier molecular flexibility index (Phi) is 3.59. The van der Waals surface area contributed by atoms with Crippen LogP contribution in [0.1, 0.15) is 31.2 Å². The van der Waals surface area contributed by atoms with Gasteiger partial charge in [0.1, 0.15) is 12.1 Å². The van der Waals surface area contributed by atoms with E-state index in [-0.39, 0.29) is 0 Å². The Bertz CT molecular complexity index is 348. The Hall–Kier alpha value is -1.32. The molecule has 0 bridgehead atoms. The molecule has 4 nitrogen and oxygen atoms in total.